The monoisotopic (exact) mass is 460 g/mol. The summed E-state index contributed by atoms with van der Waals surface area (Å²) in [6, 6.07) is 0.675. The summed E-state index contributed by atoms with van der Waals surface area (Å²) in [5, 5.41) is 0. The van der Waals surface area contributed by atoms with Crippen molar-refractivity contribution >= 4 is 0 Å². The molecule has 1 unspecified atom stereocenters. The molecule has 1 rings (SSSR count). The average Bonchev–Trinajstić information content (AvgIpc) is 3.36. The molecule has 33 heavy (non-hydrogen) atoms. The first-order chi connectivity index (χ1) is 16.4. The highest BCUT2D eigenvalue weighted by Crippen LogP contribution is 2.24. The quantitative estimate of drug-likeness (QED) is 0.126. The molecular formula is C31H60N2. The standard InChI is InChI=1S/C31H60N2/c1-3-5-7-9-11-13-15-16-17-19-21-23-25-27-31(33-29-28-32-30-33)26-24-22-20-18-14-12-10-8-6-4-2/h28-31H,3-27H2,1-2H3. The highest BCUT2D eigenvalue weighted by atomic mass is 15.0. The summed E-state index contributed by atoms with van der Waals surface area (Å²) < 4.78 is 2.38. The van der Waals surface area contributed by atoms with Crippen molar-refractivity contribution in [3.05, 3.63) is 18.7 Å². The summed E-state index contributed by atoms with van der Waals surface area (Å²) in [5.41, 5.74) is 0. The van der Waals surface area contributed by atoms with Crippen molar-refractivity contribution in [3.63, 3.8) is 0 Å². The van der Waals surface area contributed by atoms with E-state index in [1.54, 1.807) is 0 Å². The zero-order chi connectivity index (χ0) is 23.7. The van der Waals surface area contributed by atoms with Gasteiger partial charge in [-0.15, -0.1) is 0 Å². The van der Waals surface area contributed by atoms with E-state index in [9.17, 15) is 0 Å². The summed E-state index contributed by atoms with van der Waals surface area (Å²) in [6.45, 7) is 4.60. The van der Waals surface area contributed by atoms with E-state index in [4.69, 9.17) is 0 Å². The molecule has 1 atom stereocenters. The van der Waals surface area contributed by atoms with Crippen LogP contribution in [0, 0.1) is 0 Å². The molecule has 0 amide bonds. The van der Waals surface area contributed by atoms with Crippen molar-refractivity contribution in [1.82, 2.24) is 9.55 Å². The molecule has 0 radical (unpaired) electrons. The van der Waals surface area contributed by atoms with Crippen LogP contribution >= 0.6 is 0 Å². The van der Waals surface area contributed by atoms with Crippen LogP contribution < -0.4 is 0 Å². The molecule has 194 valence electrons. The van der Waals surface area contributed by atoms with Crippen molar-refractivity contribution < 1.29 is 0 Å². The number of aromatic nitrogens is 2. The van der Waals surface area contributed by atoms with Gasteiger partial charge >= 0.3 is 0 Å². The molecule has 1 aromatic rings. The number of hydrogen-bond donors (Lipinski definition) is 0. The van der Waals surface area contributed by atoms with Crippen molar-refractivity contribution in [2.45, 2.75) is 180 Å². The van der Waals surface area contributed by atoms with E-state index in [0.717, 1.165) is 0 Å². The minimum Gasteiger partial charge on any atom is -0.334 e. The first-order valence-corrected chi connectivity index (χ1v) is 15.4. The lowest BCUT2D eigenvalue weighted by atomic mass is 9.99. The number of rotatable bonds is 26. The zero-order valence-electron chi connectivity index (χ0n) is 22.9. The Hall–Kier alpha value is -0.790. The van der Waals surface area contributed by atoms with Crippen LogP contribution in [-0.2, 0) is 0 Å². The molecule has 0 N–H and O–H groups in total. The predicted octanol–water partition coefficient (Wildman–Crippen LogP) is 11.2. The third-order valence-corrected chi connectivity index (χ3v) is 7.48. The van der Waals surface area contributed by atoms with Gasteiger partial charge < -0.3 is 4.57 Å². The second-order valence-electron chi connectivity index (χ2n) is 10.7. The number of imidazole rings is 1. The Morgan fingerprint density at radius 1 is 0.485 bits per heavy atom. The highest BCUT2D eigenvalue weighted by molar-refractivity contribution is 4.80. The largest absolute Gasteiger partial charge is 0.334 e. The fourth-order valence-corrected chi connectivity index (χ4v) is 5.19. The van der Waals surface area contributed by atoms with Gasteiger partial charge in [-0.3, -0.25) is 0 Å². The lowest BCUT2D eigenvalue weighted by molar-refractivity contribution is 0.393. The number of unbranched alkanes of at least 4 members (excludes halogenated alkanes) is 21. The smallest absolute Gasteiger partial charge is 0.0948 e. The molecule has 0 fully saturated rings. The maximum atomic E-state index is 4.32. The molecular weight excluding hydrogens is 400 g/mol. The summed E-state index contributed by atoms with van der Waals surface area (Å²) >= 11 is 0. The molecule has 0 aliphatic rings. The van der Waals surface area contributed by atoms with E-state index >= 15 is 0 Å². The van der Waals surface area contributed by atoms with Crippen LogP contribution in [0.25, 0.3) is 0 Å². The normalized spacial score (nSPS) is 12.4. The third kappa shape index (κ3) is 19.2. The van der Waals surface area contributed by atoms with Crippen molar-refractivity contribution in [2.75, 3.05) is 0 Å². The van der Waals surface area contributed by atoms with Crippen molar-refractivity contribution in [2.24, 2.45) is 0 Å². The molecule has 2 nitrogen and oxygen atoms in total. The molecule has 0 saturated heterocycles. The Bertz CT molecular complexity index is 467. The van der Waals surface area contributed by atoms with Gasteiger partial charge in [0.2, 0.25) is 0 Å². The molecule has 1 heterocycles. The summed E-state index contributed by atoms with van der Waals surface area (Å²) in [6.07, 6.45) is 41.9. The van der Waals surface area contributed by atoms with Gasteiger partial charge in [0, 0.05) is 18.4 Å². The number of nitrogens with zero attached hydrogens (tertiary/aromatic N) is 2. The maximum absolute atomic E-state index is 4.32. The maximum Gasteiger partial charge on any atom is 0.0948 e. The van der Waals surface area contributed by atoms with Crippen LogP contribution in [0.1, 0.15) is 180 Å². The predicted molar refractivity (Wildman–Crippen MR) is 148 cm³/mol. The molecule has 0 bridgehead atoms. The highest BCUT2D eigenvalue weighted by Gasteiger charge is 2.10. The van der Waals surface area contributed by atoms with Crippen molar-refractivity contribution in [3.8, 4) is 0 Å². The van der Waals surface area contributed by atoms with Gasteiger partial charge in [-0.05, 0) is 12.8 Å². The molecule has 0 aromatic carbocycles. The molecule has 0 saturated carbocycles. The molecule has 2 heteroatoms. The third-order valence-electron chi connectivity index (χ3n) is 7.48. The van der Waals surface area contributed by atoms with E-state index in [1.165, 1.54) is 161 Å². The van der Waals surface area contributed by atoms with Crippen LogP contribution in [0.5, 0.6) is 0 Å². The first-order valence-electron chi connectivity index (χ1n) is 15.4. The van der Waals surface area contributed by atoms with Gasteiger partial charge in [-0.2, -0.15) is 0 Å². The number of hydrogen-bond acceptors (Lipinski definition) is 1. The Labute approximate surface area is 208 Å². The van der Waals surface area contributed by atoms with Crippen LogP contribution in [0.4, 0.5) is 0 Å². The second-order valence-corrected chi connectivity index (χ2v) is 10.7. The van der Waals surface area contributed by atoms with Crippen LogP contribution in [0.2, 0.25) is 0 Å². The Balaban J connectivity index is 1.98. The topological polar surface area (TPSA) is 17.8 Å². The zero-order valence-corrected chi connectivity index (χ0v) is 22.9. The Morgan fingerprint density at radius 3 is 1.12 bits per heavy atom. The van der Waals surface area contributed by atoms with E-state index in [-0.39, 0.29) is 0 Å². The molecule has 1 aromatic heterocycles. The lowest BCUT2D eigenvalue weighted by Gasteiger charge is -2.18. The minimum absolute atomic E-state index is 0.675. The summed E-state index contributed by atoms with van der Waals surface area (Å²) in [5.74, 6) is 0. The van der Waals surface area contributed by atoms with Gasteiger partial charge in [0.25, 0.3) is 0 Å². The van der Waals surface area contributed by atoms with E-state index in [0.29, 0.717) is 6.04 Å². The van der Waals surface area contributed by atoms with Crippen LogP contribution in [-0.4, -0.2) is 9.55 Å². The van der Waals surface area contributed by atoms with Gasteiger partial charge in [0.1, 0.15) is 0 Å². The SMILES string of the molecule is CCCCCCCCCCCCCCCC(CCCCCCCCCCCC)n1ccnc1. The lowest BCUT2D eigenvalue weighted by Crippen LogP contribution is -2.07. The van der Waals surface area contributed by atoms with E-state index in [1.807, 2.05) is 12.5 Å². The van der Waals surface area contributed by atoms with Gasteiger partial charge in [0.15, 0.2) is 0 Å². The fourth-order valence-electron chi connectivity index (χ4n) is 5.19. The van der Waals surface area contributed by atoms with Crippen LogP contribution in [0.15, 0.2) is 18.7 Å². The van der Waals surface area contributed by atoms with Gasteiger partial charge in [-0.25, -0.2) is 4.98 Å². The van der Waals surface area contributed by atoms with E-state index < -0.39 is 0 Å². The second kappa shape index (κ2) is 24.3. The van der Waals surface area contributed by atoms with E-state index in [2.05, 4.69) is 29.6 Å². The average molecular weight is 461 g/mol. The first kappa shape index (κ1) is 30.2. The summed E-state index contributed by atoms with van der Waals surface area (Å²) in [4.78, 5) is 4.32. The molecule has 0 aliphatic heterocycles. The Kier molecular flexibility index (Phi) is 22.3. The van der Waals surface area contributed by atoms with Gasteiger partial charge in [-0.1, -0.05) is 162 Å². The molecule has 0 spiro atoms. The molecule has 0 aliphatic carbocycles. The van der Waals surface area contributed by atoms with Crippen molar-refractivity contribution in [1.29, 1.82) is 0 Å². The minimum atomic E-state index is 0.675. The Morgan fingerprint density at radius 2 is 0.818 bits per heavy atom. The fraction of sp³-hybridized carbons (Fsp3) is 0.903. The van der Waals surface area contributed by atoms with Crippen LogP contribution in [0.3, 0.4) is 0 Å². The van der Waals surface area contributed by atoms with Gasteiger partial charge in [0.05, 0.1) is 6.33 Å². The summed E-state index contributed by atoms with van der Waals surface area (Å²) in [7, 11) is 0.